The van der Waals surface area contributed by atoms with Gasteiger partial charge in [-0.1, -0.05) is 6.58 Å². The van der Waals surface area contributed by atoms with Crippen molar-refractivity contribution in [3.63, 3.8) is 0 Å². The van der Waals surface area contributed by atoms with E-state index in [-0.39, 0.29) is 56.7 Å². The van der Waals surface area contributed by atoms with Crippen LogP contribution < -0.4 is 8.92 Å². The van der Waals surface area contributed by atoms with Crippen molar-refractivity contribution in [2.24, 2.45) is 0 Å². The Kier molecular flexibility index (Phi) is 8.14. The van der Waals surface area contributed by atoms with Crippen LogP contribution in [0, 0.1) is 11.6 Å². The highest BCUT2D eigenvalue weighted by Gasteiger charge is 2.49. The molecule has 0 bridgehead atoms. The van der Waals surface area contributed by atoms with E-state index in [4.69, 9.17) is 4.74 Å². The molecule has 8 nitrogen and oxygen atoms in total. The maximum atomic E-state index is 15.7. The number of aromatic nitrogens is 2. The molecule has 3 aromatic heterocycles. The summed E-state index contributed by atoms with van der Waals surface area (Å²) >= 11 is 0.946. The summed E-state index contributed by atoms with van der Waals surface area (Å²) in [7, 11) is -6.15. The molecule has 0 saturated heterocycles. The zero-order valence-electron chi connectivity index (χ0n) is 23.4. The number of carbonyl (C=O) groups is 1. The maximum Gasteiger partial charge on any atom is 0.534 e. The van der Waals surface area contributed by atoms with Gasteiger partial charge in [-0.3, -0.25) is 9.78 Å². The fourth-order valence-corrected chi connectivity index (χ4v) is 6.29. The van der Waals surface area contributed by atoms with E-state index in [2.05, 4.69) is 20.7 Å². The van der Waals surface area contributed by atoms with Crippen LogP contribution in [0.2, 0.25) is 0 Å². The molecule has 0 radical (unpaired) electrons. The first-order chi connectivity index (χ1) is 20.6. The molecule has 1 amide bonds. The summed E-state index contributed by atoms with van der Waals surface area (Å²) in [6, 6.07) is 4.23. The van der Waals surface area contributed by atoms with Crippen LogP contribution in [-0.4, -0.2) is 46.8 Å². The molecule has 0 aliphatic carbocycles. The van der Waals surface area contributed by atoms with E-state index in [0.29, 0.717) is 23.7 Å². The van der Waals surface area contributed by atoms with Gasteiger partial charge < -0.3 is 13.8 Å². The summed E-state index contributed by atoms with van der Waals surface area (Å²) in [5.41, 5.74) is -4.88. The average Bonchev–Trinajstić information content (AvgIpc) is 3.42. The van der Waals surface area contributed by atoms with Crippen molar-refractivity contribution in [3.05, 3.63) is 71.4 Å². The smallest absolute Gasteiger partial charge is 0.490 e. The Bertz CT molecular complexity index is 1910. The number of thiophene rings is 1. The highest BCUT2D eigenvalue weighted by molar-refractivity contribution is 7.88. The maximum absolute atomic E-state index is 15.7. The molecule has 5 rings (SSSR count). The Morgan fingerprint density at radius 1 is 1.20 bits per heavy atom. The number of pyridine rings is 2. The lowest BCUT2D eigenvalue weighted by molar-refractivity contribution is -0.129. The van der Waals surface area contributed by atoms with Gasteiger partial charge in [0.15, 0.2) is 0 Å². The molecule has 44 heavy (non-hydrogen) atoms. The number of hydrogen-bond donors (Lipinski definition) is 0. The third kappa shape index (κ3) is 5.73. The number of amides is 1. The molecule has 15 heteroatoms. The van der Waals surface area contributed by atoms with Crippen LogP contribution in [0.1, 0.15) is 32.0 Å². The third-order valence-electron chi connectivity index (χ3n) is 6.83. The van der Waals surface area contributed by atoms with Crippen LogP contribution in [0.3, 0.4) is 0 Å². The summed E-state index contributed by atoms with van der Waals surface area (Å²) in [4.78, 5) is 22.7. The molecule has 0 fully saturated rings. The van der Waals surface area contributed by atoms with E-state index < -0.39 is 39.2 Å². The summed E-state index contributed by atoms with van der Waals surface area (Å²) in [5.74, 6) is -3.44. The zero-order valence-corrected chi connectivity index (χ0v) is 25.0. The number of benzene rings is 1. The number of nitrogens with zero attached hydrogens (tertiary/aromatic N) is 3. The lowest BCUT2D eigenvalue weighted by Gasteiger charge is -2.33. The van der Waals surface area contributed by atoms with Crippen LogP contribution >= 0.6 is 11.3 Å². The fourth-order valence-electron chi connectivity index (χ4n) is 4.92. The lowest BCUT2D eigenvalue weighted by atomic mass is 9.94. The van der Waals surface area contributed by atoms with Gasteiger partial charge >= 0.3 is 15.6 Å². The minimum absolute atomic E-state index is 0.00939. The van der Waals surface area contributed by atoms with Crippen LogP contribution in [0.25, 0.3) is 32.5 Å². The number of carbonyl (C=O) groups excluding carboxylic acids is 1. The molecule has 0 spiro atoms. The second kappa shape index (κ2) is 11.4. The Labute approximate surface area is 252 Å². The minimum Gasteiger partial charge on any atom is -0.490 e. The summed E-state index contributed by atoms with van der Waals surface area (Å²) in [5, 5.41) is 1.27. The van der Waals surface area contributed by atoms with Gasteiger partial charge in [-0.2, -0.15) is 21.6 Å². The van der Waals surface area contributed by atoms with Gasteiger partial charge in [-0.15, -0.1) is 11.3 Å². The van der Waals surface area contributed by atoms with Gasteiger partial charge in [0.05, 0.1) is 22.7 Å². The van der Waals surface area contributed by atoms with Gasteiger partial charge in [0.25, 0.3) is 0 Å². The normalized spacial score (nSPS) is 15.4. The van der Waals surface area contributed by atoms with Crippen molar-refractivity contribution in [2.45, 2.75) is 51.4 Å². The number of halogens is 5. The molecule has 0 N–H and O–H groups in total. The van der Waals surface area contributed by atoms with Crippen molar-refractivity contribution in [2.75, 3.05) is 0 Å². The van der Waals surface area contributed by atoms with Crippen LogP contribution in [0.5, 0.6) is 11.6 Å². The first kappa shape index (κ1) is 31.3. The van der Waals surface area contributed by atoms with Crippen molar-refractivity contribution >= 4 is 37.4 Å². The molecule has 1 atom stereocenters. The third-order valence-corrected chi connectivity index (χ3v) is 8.71. The van der Waals surface area contributed by atoms with Gasteiger partial charge in [-0.25, -0.2) is 13.8 Å². The van der Waals surface area contributed by atoms with Crippen LogP contribution in [0.15, 0.2) is 48.5 Å². The molecule has 0 unspecified atom stereocenters. The van der Waals surface area contributed by atoms with Crippen molar-refractivity contribution in [3.8, 4) is 34.0 Å². The van der Waals surface area contributed by atoms with E-state index in [0.717, 1.165) is 17.4 Å². The summed E-state index contributed by atoms with van der Waals surface area (Å²) < 4.78 is 105. The molecule has 4 aromatic rings. The molecule has 1 aliphatic heterocycles. The second-order valence-corrected chi connectivity index (χ2v) is 12.7. The predicted molar refractivity (Wildman–Crippen MR) is 153 cm³/mol. The summed E-state index contributed by atoms with van der Waals surface area (Å²) in [6.07, 6.45) is 2.37. The highest BCUT2D eigenvalue weighted by atomic mass is 32.2. The molecule has 232 valence electrons. The predicted octanol–water partition coefficient (Wildman–Crippen LogP) is 6.78. The number of hydrogen-bond acceptors (Lipinski definition) is 8. The average molecular weight is 654 g/mol. The van der Waals surface area contributed by atoms with Crippen LogP contribution in [-0.2, 0) is 27.9 Å². The van der Waals surface area contributed by atoms with E-state index >= 15 is 4.39 Å². The minimum atomic E-state index is -6.15. The van der Waals surface area contributed by atoms with Crippen molar-refractivity contribution in [1.82, 2.24) is 14.9 Å². The van der Waals surface area contributed by atoms with E-state index in [9.17, 15) is 30.8 Å². The fraction of sp³-hybridized carbons (Fsp3) is 0.276. The van der Waals surface area contributed by atoms with Crippen molar-refractivity contribution < 1.29 is 44.1 Å². The quantitative estimate of drug-likeness (QED) is 0.0939. The Morgan fingerprint density at radius 3 is 2.59 bits per heavy atom. The zero-order chi connectivity index (χ0) is 32.1. The molecular formula is C29H24F5N3O5S2. The molecule has 0 saturated carbocycles. The van der Waals surface area contributed by atoms with Gasteiger partial charge in [0.1, 0.15) is 17.4 Å². The molecule has 1 aromatic carbocycles. The number of alkyl halides is 3. The monoisotopic (exact) mass is 653 g/mol. The topological polar surface area (TPSA) is 98.7 Å². The second-order valence-electron chi connectivity index (χ2n) is 10.3. The highest BCUT2D eigenvalue weighted by Crippen LogP contribution is 2.48. The molecular weight excluding hydrogens is 629 g/mol. The number of ether oxygens (including phenoxy) is 1. The lowest BCUT2D eigenvalue weighted by Crippen LogP contribution is -2.42. The SMILES string of the molecule is C=CC(=O)N1Cc2cc(-c3nc(OS(=O)(=O)C(F)(F)F)c4ccsc4c3-c3c(F)cc(F)cc3OC(C)C)cnc2C[C@H]1C. The first-order valence-electron chi connectivity index (χ1n) is 13.1. The van der Waals surface area contributed by atoms with Crippen LogP contribution in [0.4, 0.5) is 22.0 Å². The van der Waals surface area contributed by atoms with Gasteiger partial charge in [0.2, 0.25) is 11.8 Å². The molecule has 1 aliphatic rings. The first-order valence-corrected chi connectivity index (χ1v) is 15.4. The van der Waals surface area contributed by atoms with Gasteiger partial charge in [0, 0.05) is 58.9 Å². The Balaban J connectivity index is 1.82. The molecule has 4 heterocycles. The Hall–Kier alpha value is -4.11. The standard InChI is InChI=1S/C29H24F5N3O5S2/c1-5-23(38)37-13-17-9-16(12-35-21(17)8-15(37)4)26-25(24-20(31)10-18(30)11-22(24)41-14(2)3)27-19(6-7-43-27)28(36-26)42-44(39,40)29(32,33)34/h5-7,9-12,14-15H,1,8,13H2,2-4H3/t15-/m1/s1. The largest absolute Gasteiger partial charge is 0.534 e. The van der Waals surface area contributed by atoms with E-state index in [1.165, 1.54) is 23.7 Å². The van der Waals surface area contributed by atoms with E-state index in [1.54, 1.807) is 24.8 Å². The summed E-state index contributed by atoms with van der Waals surface area (Å²) in [6.45, 7) is 8.74. The Morgan fingerprint density at radius 2 is 1.93 bits per heavy atom. The van der Waals surface area contributed by atoms with Gasteiger partial charge in [-0.05, 0) is 49.9 Å². The van der Waals surface area contributed by atoms with E-state index in [1.807, 2.05) is 6.92 Å². The van der Waals surface area contributed by atoms with Crippen molar-refractivity contribution in [1.29, 1.82) is 0 Å². The number of fused-ring (bicyclic) bond motifs is 2. The number of rotatable bonds is 7.